The van der Waals surface area contributed by atoms with Gasteiger partial charge in [-0.25, -0.2) is 4.79 Å². The van der Waals surface area contributed by atoms with Gasteiger partial charge < -0.3 is 10.1 Å². The molecule has 126 valence electrons. The summed E-state index contributed by atoms with van der Waals surface area (Å²) in [6, 6.07) is 13.5. The molecule has 7 heteroatoms. The molecule has 0 bridgehead atoms. The molecule has 1 heterocycles. The van der Waals surface area contributed by atoms with Crippen molar-refractivity contribution >= 4 is 34.3 Å². The fourth-order valence-corrected chi connectivity index (χ4v) is 2.34. The van der Waals surface area contributed by atoms with Gasteiger partial charge in [-0.05, 0) is 30.3 Å². The Hall–Kier alpha value is -3.48. The number of carbonyl (C=O) groups excluding carboxylic acids is 3. The first-order chi connectivity index (χ1) is 12.0. The van der Waals surface area contributed by atoms with E-state index >= 15 is 0 Å². The van der Waals surface area contributed by atoms with Crippen LogP contribution in [0.1, 0.15) is 27.8 Å². The Morgan fingerprint density at radius 1 is 1.08 bits per heavy atom. The van der Waals surface area contributed by atoms with E-state index < -0.39 is 5.97 Å². The fraction of sp³-hybridized carbons (Fsp3) is 0.111. The van der Waals surface area contributed by atoms with Crippen LogP contribution in [0.25, 0.3) is 10.9 Å². The molecular formula is C18H15N3O4. The van der Waals surface area contributed by atoms with Gasteiger partial charge >= 0.3 is 5.97 Å². The number of esters is 1. The number of ketones is 1. The van der Waals surface area contributed by atoms with Crippen LogP contribution in [0.5, 0.6) is 0 Å². The Bertz CT molecular complexity index is 944. The topological polar surface area (TPSA) is 101 Å². The molecular weight excluding hydrogens is 322 g/mol. The second kappa shape index (κ2) is 6.96. The average Bonchev–Trinajstić information content (AvgIpc) is 3.03. The van der Waals surface area contributed by atoms with E-state index in [0.717, 1.165) is 0 Å². The van der Waals surface area contributed by atoms with Gasteiger partial charge in [0.15, 0.2) is 18.1 Å². The number of carbonyl (C=O) groups is 3. The van der Waals surface area contributed by atoms with Crippen molar-refractivity contribution in [3.05, 3.63) is 59.8 Å². The Kier molecular flexibility index (Phi) is 4.56. The van der Waals surface area contributed by atoms with Crippen LogP contribution in [0.3, 0.4) is 0 Å². The van der Waals surface area contributed by atoms with E-state index in [9.17, 15) is 14.4 Å². The maximum absolute atomic E-state index is 12.1. The van der Waals surface area contributed by atoms with Gasteiger partial charge in [-0.2, -0.15) is 5.10 Å². The lowest BCUT2D eigenvalue weighted by molar-refractivity contribution is -0.114. The predicted octanol–water partition coefficient (Wildman–Crippen LogP) is 2.56. The van der Waals surface area contributed by atoms with E-state index in [1.807, 2.05) is 6.07 Å². The second-order valence-corrected chi connectivity index (χ2v) is 5.38. The van der Waals surface area contributed by atoms with Gasteiger partial charge in [0.1, 0.15) is 0 Å². The largest absolute Gasteiger partial charge is 0.452 e. The smallest absolute Gasteiger partial charge is 0.359 e. The number of aromatic amines is 1. The highest BCUT2D eigenvalue weighted by Gasteiger charge is 2.17. The molecule has 1 amide bonds. The number of para-hydroxylation sites is 1. The number of fused-ring (bicyclic) bond motifs is 1. The predicted molar refractivity (Wildman–Crippen MR) is 91.5 cm³/mol. The summed E-state index contributed by atoms with van der Waals surface area (Å²) in [7, 11) is 0. The van der Waals surface area contributed by atoms with Crippen molar-refractivity contribution in [3.63, 3.8) is 0 Å². The highest BCUT2D eigenvalue weighted by molar-refractivity contribution is 6.04. The first-order valence-corrected chi connectivity index (χ1v) is 7.55. The third-order valence-corrected chi connectivity index (χ3v) is 3.53. The van der Waals surface area contributed by atoms with Gasteiger partial charge in [-0.1, -0.05) is 18.2 Å². The molecule has 3 aromatic rings. The van der Waals surface area contributed by atoms with E-state index in [1.54, 1.807) is 42.5 Å². The summed E-state index contributed by atoms with van der Waals surface area (Å²) in [5.41, 5.74) is 1.83. The Labute approximate surface area is 143 Å². The standard InChI is InChI=1S/C18H15N3O4/c1-11(22)19-13-8-6-12(7-9-13)16(23)10-25-18(24)17-14-4-2-3-5-15(14)20-21-17/h2-9H,10H2,1H3,(H,19,22)(H,20,21). The van der Waals surface area contributed by atoms with Crippen LogP contribution < -0.4 is 5.32 Å². The number of nitrogens with zero attached hydrogens (tertiary/aromatic N) is 1. The number of amides is 1. The number of benzene rings is 2. The zero-order chi connectivity index (χ0) is 17.8. The molecule has 3 rings (SSSR count). The molecule has 0 saturated carbocycles. The minimum Gasteiger partial charge on any atom is -0.452 e. The lowest BCUT2D eigenvalue weighted by Gasteiger charge is -2.05. The molecule has 0 atom stereocenters. The van der Waals surface area contributed by atoms with E-state index in [2.05, 4.69) is 15.5 Å². The van der Waals surface area contributed by atoms with Crippen molar-refractivity contribution in [3.8, 4) is 0 Å². The number of ether oxygens (including phenoxy) is 1. The van der Waals surface area contributed by atoms with Crippen molar-refractivity contribution in [1.29, 1.82) is 0 Å². The van der Waals surface area contributed by atoms with Crippen molar-refractivity contribution in [2.24, 2.45) is 0 Å². The molecule has 0 aliphatic heterocycles. The van der Waals surface area contributed by atoms with Crippen LogP contribution in [0.2, 0.25) is 0 Å². The highest BCUT2D eigenvalue weighted by atomic mass is 16.5. The molecule has 1 aromatic heterocycles. The summed E-state index contributed by atoms with van der Waals surface area (Å²) in [4.78, 5) is 35.2. The lowest BCUT2D eigenvalue weighted by Crippen LogP contribution is -2.15. The third kappa shape index (κ3) is 3.72. The first-order valence-electron chi connectivity index (χ1n) is 7.55. The molecule has 2 aromatic carbocycles. The number of anilines is 1. The van der Waals surface area contributed by atoms with Gasteiger partial charge in [-0.15, -0.1) is 0 Å². The van der Waals surface area contributed by atoms with Crippen LogP contribution in [0.15, 0.2) is 48.5 Å². The number of hydrogen-bond donors (Lipinski definition) is 2. The van der Waals surface area contributed by atoms with E-state index in [-0.39, 0.29) is 24.0 Å². The second-order valence-electron chi connectivity index (χ2n) is 5.38. The van der Waals surface area contributed by atoms with Crippen LogP contribution in [-0.2, 0) is 9.53 Å². The van der Waals surface area contributed by atoms with Crippen molar-refractivity contribution in [2.75, 3.05) is 11.9 Å². The molecule has 0 saturated heterocycles. The Balaban J connectivity index is 1.63. The summed E-state index contributed by atoms with van der Waals surface area (Å²) in [5.74, 6) is -1.21. The molecule has 7 nitrogen and oxygen atoms in total. The number of hydrogen-bond acceptors (Lipinski definition) is 5. The zero-order valence-electron chi connectivity index (χ0n) is 13.4. The van der Waals surface area contributed by atoms with Crippen molar-refractivity contribution < 1.29 is 19.1 Å². The number of Topliss-reactive ketones (excluding diaryl/α,β-unsaturated/α-hetero) is 1. The third-order valence-electron chi connectivity index (χ3n) is 3.53. The maximum Gasteiger partial charge on any atom is 0.359 e. The lowest BCUT2D eigenvalue weighted by atomic mass is 10.1. The van der Waals surface area contributed by atoms with E-state index in [1.165, 1.54) is 6.92 Å². The Morgan fingerprint density at radius 2 is 1.80 bits per heavy atom. The molecule has 0 aliphatic carbocycles. The van der Waals surface area contributed by atoms with Gasteiger partial charge in [0.05, 0.1) is 5.52 Å². The molecule has 25 heavy (non-hydrogen) atoms. The summed E-state index contributed by atoms with van der Waals surface area (Å²) in [6.07, 6.45) is 0. The van der Waals surface area contributed by atoms with Gasteiger partial charge in [0, 0.05) is 23.6 Å². The van der Waals surface area contributed by atoms with Gasteiger partial charge in [-0.3, -0.25) is 14.7 Å². The van der Waals surface area contributed by atoms with Crippen LogP contribution in [0.4, 0.5) is 5.69 Å². The molecule has 0 radical (unpaired) electrons. The zero-order valence-corrected chi connectivity index (χ0v) is 13.4. The maximum atomic E-state index is 12.1. The Morgan fingerprint density at radius 3 is 2.52 bits per heavy atom. The van der Waals surface area contributed by atoms with Gasteiger partial charge in [0.2, 0.25) is 5.91 Å². The van der Waals surface area contributed by atoms with E-state index in [4.69, 9.17) is 4.74 Å². The average molecular weight is 337 g/mol. The molecule has 2 N–H and O–H groups in total. The highest BCUT2D eigenvalue weighted by Crippen LogP contribution is 2.16. The molecule has 0 unspecified atom stereocenters. The number of H-pyrrole nitrogens is 1. The monoisotopic (exact) mass is 337 g/mol. The summed E-state index contributed by atoms with van der Waals surface area (Å²) >= 11 is 0. The normalized spacial score (nSPS) is 10.4. The van der Waals surface area contributed by atoms with Crippen LogP contribution >= 0.6 is 0 Å². The van der Waals surface area contributed by atoms with Crippen LogP contribution in [-0.4, -0.2) is 34.5 Å². The van der Waals surface area contributed by atoms with Gasteiger partial charge in [0.25, 0.3) is 0 Å². The minimum atomic E-state index is -0.666. The number of rotatable bonds is 5. The quantitative estimate of drug-likeness (QED) is 0.550. The van der Waals surface area contributed by atoms with Crippen molar-refractivity contribution in [2.45, 2.75) is 6.92 Å². The first kappa shape index (κ1) is 16.4. The van der Waals surface area contributed by atoms with Crippen molar-refractivity contribution in [1.82, 2.24) is 10.2 Å². The number of nitrogens with one attached hydrogen (secondary N) is 2. The fourth-order valence-electron chi connectivity index (χ4n) is 2.34. The summed E-state index contributed by atoms with van der Waals surface area (Å²) in [6.45, 7) is 1.01. The number of aromatic nitrogens is 2. The van der Waals surface area contributed by atoms with Crippen LogP contribution in [0, 0.1) is 0 Å². The SMILES string of the molecule is CC(=O)Nc1ccc(C(=O)COC(=O)c2n[nH]c3ccccc23)cc1. The molecule has 0 aliphatic rings. The summed E-state index contributed by atoms with van der Waals surface area (Å²) in [5, 5.41) is 9.92. The minimum absolute atomic E-state index is 0.143. The molecule has 0 fully saturated rings. The summed E-state index contributed by atoms with van der Waals surface area (Å²) < 4.78 is 5.06. The molecule has 0 spiro atoms. The van der Waals surface area contributed by atoms with E-state index in [0.29, 0.717) is 22.2 Å².